The van der Waals surface area contributed by atoms with E-state index in [0.717, 1.165) is 31.9 Å². The van der Waals surface area contributed by atoms with Crippen LogP contribution in [0.3, 0.4) is 0 Å². The molecule has 1 aliphatic rings. The second-order valence-corrected chi connectivity index (χ2v) is 7.43. The number of anilines is 2. The summed E-state index contributed by atoms with van der Waals surface area (Å²) in [6.45, 7) is 7.52. The third-order valence-electron chi connectivity index (χ3n) is 4.91. The highest BCUT2D eigenvalue weighted by Gasteiger charge is 2.20. The van der Waals surface area contributed by atoms with Gasteiger partial charge in [0.25, 0.3) is 0 Å². The van der Waals surface area contributed by atoms with Gasteiger partial charge in [-0.2, -0.15) is 0 Å². The largest absolute Gasteiger partial charge is 0.346 e. The molecule has 28 heavy (non-hydrogen) atoms. The van der Waals surface area contributed by atoms with Crippen molar-refractivity contribution in [1.82, 2.24) is 9.80 Å². The number of carbonyl (C=O) groups excluding carboxylic acids is 1. The summed E-state index contributed by atoms with van der Waals surface area (Å²) in [5, 5.41) is 6.80. The summed E-state index contributed by atoms with van der Waals surface area (Å²) in [5.74, 6) is -0.421. The quantitative estimate of drug-likeness (QED) is 0.771. The lowest BCUT2D eigenvalue weighted by molar-refractivity contribution is -0.117. The van der Waals surface area contributed by atoms with E-state index in [4.69, 9.17) is 12.2 Å². The number of benzene rings is 2. The van der Waals surface area contributed by atoms with Gasteiger partial charge in [-0.05, 0) is 73.6 Å². The summed E-state index contributed by atoms with van der Waals surface area (Å²) in [6, 6.07) is 12.0. The van der Waals surface area contributed by atoms with Crippen molar-refractivity contribution in [2.45, 2.75) is 13.8 Å². The second-order valence-electron chi connectivity index (χ2n) is 7.05. The predicted molar refractivity (Wildman–Crippen MR) is 115 cm³/mol. The van der Waals surface area contributed by atoms with E-state index in [-0.39, 0.29) is 11.7 Å². The molecule has 3 rings (SSSR count). The smallest absolute Gasteiger partial charge is 0.238 e. The molecule has 0 radical (unpaired) electrons. The van der Waals surface area contributed by atoms with E-state index in [9.17, 15) is 9.18 Å². The lowest BCUT2D eigenvalue weighted by atomic mass is 10.1. The Morgan fingerprint density at radius 3 is 2.25 bits per heavy atom. The van der Waals surface area contributed by atoms with Crippen molar-refractivity contribution in [1.29, 1.82) is 0 Å². The van der Waals surface area contributed by atoms with Gasteiger partial charge in [0.05, 0.1) is 6.54 Å². The summed E-state index contributed by atoms with van der Waals surface area (Å²) in [4.78, 5) is 16.4. The summed E-state index contributed by atoms with van der Waals surface area (Å²) in [5.41, 5.74) is 4.08. The summed E-state index contributed by atoms with van der Waals surface area (Å²) >= 11 is 5.54. The molecule has 7 heteroatoms. The molecule has 2 aromatic rings. The first-order valence-electron chi connectivity index (χ1n) is 9.31. The van der Waals surface area contributed by atoms with Crippen LogP contribution < -0.4 is 10.6 Å². The minimum atomic E-state index is -0.320. The number of nitrogens with zero attached hydrogens (tertiary/aromatic N) is 2. The fraction of sp³-hybridized carbons (Fsp3) is 0.333. The average Bonchev–Trinajstić information content (AvgIpc) is 2.67. The van der Waals surface area contributed by atoms with E-state index in [1.807, 2.05) is 6.07 Å². The number of piperazine rings is 1. The molecule has 0 bridgehead atoms. The van der Waals surface area contributed by atoms with Crippen LogP contribution in [-0.2, 0) is 4.79 Å². The zero-order chi connectivity index (χ0) is 20.1. The predicted octanol–water partition coefficient (Wildman–Crippen LogP) is 3.40. The highest BCUT2D eigenvalue weighted by atomic mass is 32.1. The van der Waals surface area contributed by atoms with Gasteiger partial charge in [0.15, 0.2) is 5.11 Å². The van der Waals surface area contributed by atoms with Gasteiger partial charge in [-0.15, -0.1) is 0 Å². The van der Waals surface area contributed by atoms with Gasteiger partial charge in [-0.3, -0.25) is 9.69 Å². The zero-order valence-corrected chi connectivity index (χ0v) is 17.0. The molecule has 1 fully saturated rings. The van der Waals surface area contributed by atoms with Gasteiger partial charge in [0, 0.05) is 37.6 Å². The van der Waals surface area contributed by atoms with Gasteiger partial charge in [-0.1, -0.05) is 6.07 Å². The number of rotatable bonds is 4. The number of hydrogen-bond acceptors (Lipinski definition) is 3. The van der Waals surface area contributed by atoms with E-state index in [2.05, 4.69) is 46.4 Å². The van der Waals surface area contributed by atoms with Crippen LogP contribution in [0.5, 0.6) is 0 Å². The lowest BCUT2D eigenvalue weighted by Gasteiger charge is -2.35. The number of nitrogens with one attached hydrogen (secondary N) is 2. The van der Waals surface area contributed by atoms with Crippen molar-refractivity contribution < 1.29 is 9.18 Å². The van der Waals surface area contributed by atoms with Crippen LogP contribution >= 0.6 is 12.2 Å². The maximum Gasteiger partial charge on any atom is 0.238 e. The Hall–Kier alpha value is -2.51. The summed E-state index contributed by atoms with van der Waals surface area (Å²) < 4.78 is 12.9. The molecule has 0 aromatic heterocycles. The van der Waals surface area contributed by atoms with Crippen molar-refractivity contribution in [3.63, 3.8) is 0 Å². The van der Waals surface area contributed by atoms with E-state index in [0.29, 0.717) is 17.3 Å². The molecule has 1 saturated heterocycles. The lowest BCUT2D eigenvalue weighted by Crippen LogP contribution is -2.51. The van der Waals surface area contributed by atoms with Gasteiger partial charge >= 0.3 is 0 Å². The number of aryl methyl sites for hydroxylation is 2. The monoisotopic (exact) mass is 400 g/mol. The first-order valence-corrected chi connectivity index (χ1v) is 9.72. The van der Waals surface area contributed by atoms with Gasteiger partial charge < -0.3 is 15.5 Å². The Labute approximate surface area is 170 Å². The maximum atomic E-state index is 12.9. The zero-order valence-electron chi connectivity index (χ0n) is 16.2. The summed E-state index contributed by atoms with van der Waals surface area (Å²) in [6.07, 6.45) is 0. The molecule has 0 aliphatic carbocycles. The molecule has 5 nitrogen and oxygen atoms in total. The SMILES string of the molecule is Cc1ccc(NC(=S)N2CCN(CC(=O)Nc3ccc(F)cc3)CC2)cc1C. The van der Waals surface area contributed by atoms with Crippen molar-refractivity contribution in [3.05, 3.63) is 59.4 Å². The van der Waals surface area contributed by atoms with Crippen LogP contribution in [0.25, 0.3) is 0 Å². The number of halogens is 1. The molecule has 148 valence electrons. The molecule has 2 N–H and O–H groups in total. The van der Waals surface area contributed by atoms with Gasteiger partial charge in [0.2, 0.25) is 5.91 Å². The van der Waals surface area contributed by atoms with Crippen molar-refractivity contribution in [2.24, 2.45) is 0 Å². The highest BCUT2D eigenvalue weighted by molar-refractivity contribution is 7.80. The molecule has 0 spiro atoms. The number of thiocarbonyl (C=S) groups is 1. The van der Waals surface area contributed by atoms with Gasteiger partial charge in [0.1, 0.15) is 5.82 Å². The fourth-order valence-electron chi connectivity index (χ4n) is 3.07. The van der Waals surface area contributed by atoms with Crippen LogP contribution in [0.1, 0.15) is 11.1 Å². The molecule has 2 aromatic carbocycles. The standard InChI is InChI=1S/C21H25FN4OS/c1-15-3-6-19(13-16(15)2)24-21(28)26-11-9-25(10-12-26)14-20(27)23-18-7-4-17(22)5-8-18/h3-8,13H,9-12,14H2,1-2H3,(H,23,27)(H,24,28). The topological polar surface area (TPSA) is 47.6 Å². The van der Waals surface area contributed by atoms with Crippen LogP contribution in [0.4, 0.5) is 15.8 Å². The normalized spacial score (nSPS) is 14.6. The number of hydrogen-bond donors (Lipinski definition) is 2. The Morgan fingerprint density at radius 1 is 0.964 bits per heavy atom. The first-order chi connectivity index (χ1) is 13.4. The highest BCUT2D eigenvalue weighted by Crippen LogP contribution is 2.15. The molecule has 0 atom stereocenters. The van der Waals surface area contributed by atoms with E-state index >= 15 is 0 Å². The van der Waals surface area contributed by atoms with Crippen molar-refractivity contribution in [2.75, 3.05) is 43.4 Å². The van der Waals surface area contributed by atoms with E-state index < -0.39 is 0 Å². The van der Waals surface area contributed by atoms with Crippen LogP contribution in [0.15, 0.2) is 42.5 Å². The van der Waals surface area contributed by atoms with E-state index in [1.165, 1.54) is 23.3 Å². The summed E-state index contributed by atoms with van der Waals surface area (Å²) in [7, 11) is 0. The van der Waals surface area contributed by atoms with Gasteiger partial charge in [-0.25, -0.2) is 4.39 Å². The Kier molecular flexibility index (Phi) is 6.59. The van der Waals surface area contributed by atoms with Crippen LogP contribution in [-0.4, -0.2) is 53.5 Å². The molecule has 1 amide bonds. The third kappa shape index (κ3) is 5.50. The maximum absolute atomic E-state index is 12.9. The molecule has 1 heterocycles. The molecule has 0 saturated carbocycles. The Balaban J connectivity index is 1.44. The van der Waals surface area contributed by atoms with E-state index in [1.54, 1.807) is 12.1 Å². The molecule has 0 unspecified atom stereocenters. The van der Waals surface area contributed by atoms with Crippen molar-refractivity contribution >= 4 is 34.6 Å². The second kappa shape index (κ2) is 9.12. The first kappa shape index (κ1) is 20.2. The number of carbonyl (C=O) groups is 1. The Bertz CT molecular complexity index is 848. The van der Waals surface area contributed by atoms with Crippen LogP contribution in [0, 0.1) is 19.7 Å². The molecular weight excluding hydrogens is 375 g/mol. The molecular formula is C21H25FN4OS. The Morgan fingerprint density at radius 2 is 1.61 bits per heavy atom. The minimum Gasteiger partial charge on any atom is -0.346 e. The average molecular weight is 401 g/mol. The van der Waals surface area contributed by atoms with Crippen molar-refractivity contribution in [3.8, 4) is 0 Å². The fourth-order valence-corrected chi connectivity index (χ4v) is 3.37. The third-order valence-corrected chi connectivity index (χ3v) is 5.27. The van der Waals surface area contributed by atoms with Crippen LogP contribution in [0.2, 0.25) is 0 Å². The molecule has 1 aliphatic heterocycles. The minimum absolute atomic E-state index is 0.101. The number of amides is 1.